The minimum absolute atomic E-state index is 0.123. The largest absolute Gasteiger partial charge is 0.496 e. The Bertz CT molecular complexity index is 1130. The molecule has 1 amide bonds. The lowest BCUT2D eigenvalue weighted by Gasteiger charge is -2.37. The third-order valence-electron chi connectivity index (χ3n) is 5.93. The van der Waals surface area contributed by atoms with Gasteiger partial charge < -0.3 is 24.4 Å². The van der Waals surface area contributed by atoms with Gasteiger partial charge in [0.15, 0.2) is 0 Å². The molecule has 2 aliphatic heterocycles. The van der Waals surface area contributed by atoms with Gasteiger partial charge in [-0.25, -0.2) is 4.79 Å². The molecule has 2 aromatic rings. The van der Waals surface area contributed by atoms with Crippen molar-refractivity contribution in [2.45, 2.75) is 38.8 Å². The van der Waals surface area contributed by atoms with Crippen LogP contribution in [0.15, 0.2) is 48.6 Å². The molecule has 0 saturated carbocycles. The number of ether oxygens (including phenoxy) is 3. The number of hydrogen-bond donors (Lipinski definition) is 1. The van der Waals surface area contributed by atoms with Gasteiger partial charge in [0, 0.05) is 37.3 Å². The number of anilines is 1. The summed E-state index contributed by atoms with van der Waals surface area (Å²) in [5.74, 6) is 1.61. The van der Waals surface area contributed by atoms with Gasteiger partial charge in [0.1, 0.15) is 24.2 Å². The topological polar surface area (TPSA) is 60.0 Å². The predicted molar refractivity (Wildman–Crippen MR) is 132 cm³/mol. The van der Waals surface area contributed by atoms with Crippen LogP contribution >= 0.6 is 0 Å². The Morgan fingerprint density at radius 3 is 2.70 bits per heavy atom. The quantitative estimate of drug-likeness (QED) is 0.565. The van der Waals surface area contributed by atoms with Crippen LogP contribution in [0, 0.1) is 0 Å². The normalized spacial score (nSPS) is 17.6. The summed E-state index contributed by atoms with van der Waals surface area (Å²) < 4.78 is 17.4. The highest BCUT2D eigenvalue weighted by Crippen LogP contribution is 2.52. The van der Waals surface area contributed by atoms with Gasteiger partial charge in [0.05, 0.1) is 18.2 Å². The highest BCUT2D eigenvalue weighted by Gasteiger charge is 2.34. The lowest BCUT2D eigenvalue weighted by atomic mass is 9.81. The zero-order valence-corrected chi connectivity index (χ0v) is 20.2. The molecule has 4 rings (SSSR count). The van der Waals surface area contributed by atoms with Gasteiger partial charge in [0.2, 0.25) is 0 Å². The highest BCUT2D eigenvalue weighted by molar-refractivity contribution is 5.91. The van der Waals surface area contributed by atoms with Crippen molar-refractivity contribution in [2.24, 2.45) is 0 Å². The number of nitrogens with one attached hydrogen (secondary N) is 1. The molecule has 2 heterocycles. The fourth-order valence-electron chi connectivity index (χ4n) is 4.66. The molecule has 0 bridgehead atoms. The second-order valence-corrected chi connectivity index (χ2v) is 9.24. The number of carbonyl (C=O) groups is 1. The molecule has 33 heavy (non-hydrogen) atoms. The number of amides is 1. The zero-order valence-electron chi connectivity index (χ0n) is 20.2. The first kappa shape index (κ1) is 22.8. The van der Waals surface area contributed by atoms with Gasteiger partial charge in [0.25, 0.3) is 0 Å². The Morgan fingerprint density at radius 1 is 1.18 bits per heavy atom. The first-order valence-electron chi connectivity index (χ1n) is 11.2. The molecule has 0 radical (unpaired) electrons. The van der Waals surface area contributed by atoms with Crippen molar-refractivity contribution in [3.05, 3.63) is 59.7 Å². The average Bonchev–Trinajstić information content (AvgIpc) is 2.76. The van der Waals surface area contributed by atoms with E-state index in [0.29, 0.717) is 6.42 Å². The molecule has 0 saturated heterocycles. The predicted octanol–water partition coefficient (Wildman–Crippen LogP) is 6.05. The molecular formula is C27H32N2O4. The third-order valence-corrected chi connectivity index (χ3v) is 5.93. The van der Waals surface area contributed by atoms with Crippen LogP contribution in [-0.4, -0.2) is 44.3 Å². The molecule has 1 N–H and O–H groups in total. The molecule has 2 aliphatic rings. The van der Waals surface area contributed by atoms with Crippen molar-refractivity contribution in [3.63, 3.8) is 0 Å². The van der Waals surface area contributed by atoms with Gasteiger partial charge in [-0.1, -0.05) is 30.4 Å². The standard InChI is InChI=1S/C27H32N2O4/c1-17-16-27(2,3)28-19-14-13-18-24-20(31-6)11-9-12-21(24)33-22(25(18)23(17)19)10-7-8-15-32-26(30)29(4)5/h7-9,11-14,16,22,28H,10,15H2,1-6H3. The van der Waals surface area contributed by atoms with E-state index < -0.39 is 0 Å². The summed E-state index contributed by atoms with van der Waals surface area (Å²) in [6.07, 6.45) is 6.26. The Balaban J connectivity index is 1.73. The van der Waals surface area contributed by atoms with E-state index in [9.17, 15) is 4.79 Å². The fourth-order valence-corrected chi connectivity index (χ4v) is 4.66. The molecule has 174 valence electrons. The number of rotatable bonds is 5. The van der Waals surface area contributed by atoms with E-state index in [1.165, 1.54) is 16.0 Å². The van der Waals surface area contributed by atoms with E-state index in [1.807, 2.05) is 30.4 Å². The highest BCUT2D eigenvalue weighted by atomic mass is 16.6. The summed E-state index contributed by atoms with van der Waals surface area (Å²) in [6, 6.07) is 10.2. The summed E-state index contributed by atoms with van der Waals surface area (Å²) in [4.78, 5) is 13.0. The summed E-state index contributed by atoms with van der Waals surface area (Å²) in [5, 5.41) is 3.65. The molecule has 6 heteroatoms. The maximum Gasteiger partial charge on any atom is 0.409 e. The van der Waals surface area contributed by atoms with E-state index in [1.54, 1.807) is 21.2 Å². The van der Waals surface area contributed by atoms with E-state index in [-0.39, 0.29) is 24.3 Å². The zero-order chi connectivity index (χ0) is 23.8. The van der Waals surface area contributed by atoms with E-state index in [4.69, 9.17) is 14.2 Å². The molecule has 2 aromatic carbocycles. The second kappa shape index (κ2) is 8.85. The van der Waals surface area contributed by atoms with E-state index in [0.717, 1.165) is 33.9 Å². The Hall–Kier alpha value is -3.41. The van der Waals surface area contributed by atoms with Gasteiger partial charge in [-0.2, -0.15) is 0 Å². The number of carbonyl (C=O) groups excluding carboxylic acids is 1. The van der Waals surface area contributed by atoms with Crippen LogP contribution < -0.4 is 14.8 Å². The van der Waals surface area contributed by atoms with Crippen molar-refractivity contribution < 1.29 is 19.0 Å². The SMILES string of the molecule is COc1cccc2c1-c1ccc3c(c1C(CC=CCOC(=O)N(C)C)O2)C(C)=CC(C)(C)N3. The molecule has 0 aliphatic carbocycles. The van der Waals surface area contributed by atoms with Crippen molar-refractivity contribution >= 4 is 17.4 Å². The monoisotopic (exact) mass is 448 g/mol. The van der Waals surface area contributed by atoms with Crippen molar-refractivity contribution in [1.29, 1.82) is 0 Å². The Morgan fingerprint density at radius 2 is 1.97 bits per heavy atom. The van der Waals surface area contributed by atoms with Gasteiger partial charge in [-0.15, -0.1) is 0 Å². The summed E-state index contributed by atoms with van der Waals surface area (Å²) in [7, 11) is 5.02. The molecule has 0 aromatic heterocycles. The van der Waals surface area contributed by atoms with Crippen LogP contribution in [0.3, 0.4) is 0 Å². The van der Waals surface area contributed by atoms with Crippen LogP contribution in [0.25, 0.3) is 16.7 Å². The smallest absolute Gasteiger partial charge is 0.409 e. The van der Waals surface area contributed by atoms with Crippen LogP contribution in [0.1, 0.15) is 44.4 Å². The number of nitrogens with zero attached hydrogens (tertiary/aromatic N) is 1. The average molecular weight is 449 g/mol. The maximum atomic E-state index is 11.6. The van der Waals surface area contributed by atoms with Crippen molar-refractivity contribution in [1.82, 2.24) is 4.90 Å². The molecule has 1 unspecified atom stereocenters. The van der Waals surface area contributed by atoms with Crippen LogP contribution in [0.4, 0.5) is 10.5 Å². The second-order valence-electron chi connectivity index (χ2n) is 9.24. The summed E-state index contributed by atoms with van der Waals surface area (Å²) in [5.41, 5.74) is 6.64. The first-order valence-corrected chi connectivity index (χ1v) is 11.2. The first-order chi connectivity index (χ1) is 15.7. The van der Waals surface area contributed by atoms with Crippen LogP contribution in [-0.2, 0) is 4.74 Å². The maximum absolute atomic E-state index is 11.6. The molecule has 1 atom stereocenters. The van der Waals surface area contributed by atoms with Gasteiger partial charge in [-0.05, 0) is 50.1 Å². The molecular weight excluding hydrogens is 416 g/mol. The lowest BCUT2D eigenvalue weighted by molar-refractivity contribution is 0.129. The molecule has 0 fully saturated rings. The minimum Gasteiger partial charge on any atom is -0.496 e. The van der Waals surface area contributed by atoms with Crippen LogP contribution in [0.2, 0.25) is 0 Å². The number of hydrogen-bond acceptors (Lipinski definition) is 5. The number of methoxy groups -OCH3 is 1. The number of allylic oxidation sites excluding steroid dienone is 1. The molecule has 6 nitrogen and oxygen atoms in total. The van der Waals surface area contributed by atoms with E-state index in [2.05, 4.69) is 44.3 Å². The number of fused-ring (bicyclic) bond motifs is 5. The van der Waals surface area contributed by atoms with Gasteiger partial charge in [-0.3, -0.25) is 0 Å². The molecule has 0 spiro atoms. The minimum atomic E-state index is -0.358. The van der Waals surface area contributed by atoms with Gasteiger partial charge >= 0.3 is 6.09 Å². The fraction of sp³-hybridized carbons (Fsp3) is 0.370. The summed E-state index contributed by atoms with van der Waals surface area (Å²) in [6.45, 7) is 6.72. The van der Waals surface area contributed by atoms with E-state index >= 15 is 0 Å². The van der Waals surface area contributed by atoms with Crippen molar-refractivity contribution in [2.75, 3.05) is 33.1 Å². The lowest BCUT2D eigenvalue weighted by Crippen LogP contribution is -2.32. The van der Waals surface area contributed by atoms with Crippen molar-refractivity contribution in [3.8, 4) is 22.6 Å². The Labute approximate surface area is 195 Å². The summed E-state index contributed by atoms with van der Waals surface area (Å²) >= 11 is 0. The Kier molecular flexibility index (Phi) is 6.11. The van der Waals surface area contributed by atoms with Crippen LogP contribution in [0.5, 0.6) is 11.5 Å². The number of benzene rings is 2. The third kappa shape index (κ3) is 4.42.